The van der Waals surface area contributed by atoms with Crippen LogP contribution in [0.3, 0.4) is 0 Å². The monoisotopic (exact) mass is 357 g/mol. The number of alkyl carbamates (subject to hydrolysis) is 1. The highest BCUT2D eigenvalue weighted by Crippen LogP contribution is 2.37. The number of carbonyl (C=O) groups is 2. The molecule has 0 bridgehead atoms. The Balaban J connectivity index is 2.18. The highest BCUT2D eigenvalue weighted by Gasteiger charge is 2.27. The molecule has 2 N–H and O–H groups in total. The van der Waals surface area contributed by atoms with Crippen molar-refractivity contribution in [2.45, 2.75) is 38.8 Å². The Morgan fingerprint density at radius 1 is 1.33 bits per heavy atom. The van der Waals surface area contributed by atoms with E-state index in [4.69, 9.17) is 25.8 Å². The lowest BCUT2D eigenvalue weighted by atomic mass is 10.0. The van der Waals surface area contributed by atoms with E-state index in [0.29, 0.717) is 35.3 Å². The van der Waals surface area contributed by atoms with E-state index in [1.807, 2.05) is 0 Å². The Morgan fingerprint density at radius 2 is 2.00 bits per heavy atom. The minimum Gasteiger partial charge on any atom is -0.486 e. The van der Waals surface area contributed by atoms with Crippen LogP contribution >= 0.6 is 11.6 Å². The quantitative estimate of drug-likeness (QED) is 0.860. The van der Waals surface area contributed by atoms with Gasteiger partial charge in [0, 0.05) is 23.1 Å². The van der Waals surface area contributed by atoms with Crippen LogP contribution in [0.2, 0.25) is 5.02 Å². The van der Waals surface area contributed by atoms with E-state index in [1.165, 1.54) is 0 Å². The molecule has 0 saturated carbocycles. The van der Waals surface area contributed by atoms with Crippen molar-refractivity contribution < 1.29 is 28.9 Å². The number of carboxylic acids is 1. The van der Waals surface area contributed by atoms with Gasteiger partial charge in [0.1, 0.15) is 24.9 Å². The number of rotatable bonds is 4. The summed E-state index contributed by atoms with van der Waals surface area (Å²) in [5, 5.41) is 12.1. The van der Waals surface area contributed by atoms with Gasteiger partial charge in [-0.3, -0.25) is 0 Å². The molecule has 8 heteroatoms. The predicted molar refractivity (Wildman–Crippen MR) is 86.9 cm³/mol. The molecule has 0 fully saturated rings. The van der Waals surface area contributed by atoms with Gasteiger partial charge in [0.05, 0.1) is 0 Å². The van der Waals surface area contributed by atoms with E-state index in [9.17, 15) is 14.7 Å². The van der Waals surface area contributed by atoms with Crippen LogP contribution in [0.4, 0.5) is 4.79 Å². The molecule has 1 heterocycles. The highest BCUT2D eigenvalue weighted by molar-refractivity contribution is 6.30. The van der Waals surface area contributed by atoms with Crippen LogP contribution in [0.5, 0.6) is 11.5 Å². The van der Waals surface area contributed by atoms with E-state index in [1.54, 1.807) is 32.9 Å². The number of hydrogen-bond acceptors (Lipinski definition) is 5. The summed E-state index contributed by atoms with van der Waals surface area (Å²) in [6.45, 7) is 5.84. The molecule has 0 unspecified atom stereocenters. The molecule has 24 heavy (non-hydrogen) atoms. The molecule has 1 atom stereocenters. The predicted octanol–water partition coefficient (Wildman–Crippen LogP) is 2.63. The van der Waals surface area contributed by atoms with E-state index in [2.05, 4.69) is 5.32 Å². The standard InChI is InChI=1S/C16H20ClNO6/c1-16(2,3)24-15(21)18-11(14(19)20)7-9-6-10(17)8-12-13(9)23-5-4-22-12/h6,8,11H,4-5,7H2,1-3H3,(H,18,21)(H,19,20)/t11-/m0/s1. The Hall–Kier alpha value is -2.15. The molecule has 0 saturated heterocycles. The molecule has 1 aromatic carbocycles. The first kappa shape index (κ1) is 18.2. The number of carbonyl (C=O) groups excluding carboxylic acids is 1. The molecule has 1 aliphatic rings. The fourth-order valence-corrected chi connectivity index (χ4v) is 2.44. The number of hydrogen-bond donors (Lipinski definition) is 2. The van der Waals surface area contributed by atoms with E-state index in [0.717, 1.165) is 0 Å². The van der Waals surface area contributed by atoms with Gasteiger partial charge in [0.15, 0.2) is 11.5 Å². The SMILES string of the molecule is CC(C)(C)OC(=O)N[C@@H](Cc1cc(Cl)cc2c1OCCO2)C(=O)O. The topological polar surface area (TPSA) is 94.1 Å². The average molecular weight is 358 g/mol. The second-order valence-electron chi connectivity index (χ2n) is 6.33. The van der Waals surface area contributed by atoms with Gasteiger partial charge >= 0.3 is 12.1 Å². The summed E-state index contributed by atoms with van der Waals surface area (Å²) in [5.74, 6) is -0.278. The largest absolute Gasteiger partial charge is 0.486 e. The fourth-order valence-electron chi connectivity index (χ4n) is 2.21. The van der Waals surface area contributed by atoms with Crippen molar-refractivity contribution in [3.63, 3.8) is 0 Å². The van der Waals surface area contributed by atoms with Crippen molar-refractivity contribution in [2.24, 2.45) is 0 Å². The van der Waals surface area contributed by atoms with Crippen LogP contribution < -0.4 is 14.8 Å². The van der Waals surface area contributed by atoms with Crippen molar-refractivity contribution in [1.29, 1.82) is 0 Å². The molecule has 0 radical (unpaired) electrons. The summed E-state index contributed by atoms with van der Waals surface area (Å²) >= 11 is 6.04. The molecule has 0 aromatic heterocycles. The zero-order valence-electron chi connectivity index (χ0n) is 13.7. The second-order valence-corrected chi connectivity index (χ2v) is 6.77. The number of carboxylic acid groups (broad SMARTS) is 1. The van der Waals surface area contributed by atoms with Gasteiger partial charge in [-0.25, -0.2) is 9.59 Å². The summed E-state index contributed by atoms with van der Waals surface area (Å²) in [5.41, 5.74) is -0.181. The van der Waals surface area contributed by atoms with E-state index < -0.39 is 23.7 Å². The number of nitrogens with one attached hydrogen (secondary N) is 1. The molecule has 7 nitrogen and oxygen atoms in total. The molecule has 132 valence electrons. The minimum atomic E-state index is -1.19. The van der Waals surface area contributed by atoms with E-state index >= 15 is 0 Å². The molecular weight excluding hydrogens is 338 g/mol. The average Bonchev–Trinajstić information content (AvgIpc) is 2.44. The normalized spacial score (nSPS) is 14.7. The number of amides is 1. The zero-order chi connectivity index (χ0) is 17.9. The maximum atomic E-state index is 11.8. The van der Waals surface area contributed by atoms with Crippen LogP contribution in [-0.4, -0.2) is 42.0 Å². The van der Waals surface area contributed by atoms with Gasteiger partial charge in [0.25, 0.3) is 0 Å². The minimum absolute atomic E-state index is 0.0131. The van der Waals surface area contributed by atoms with Crippen LogP contribution in [0.15, 0.2) is 12.1 Å². The third kappa shape index (κ3) is 4.92. The maximum Gasteiger partial charge on any atom is 0.408 e. The molecule has 1 aliphatic heterocycles. The Kier molecular flexibility index (Phi) is 5.43. The summed E-state index contributed by atoms with van der Waals surface area (Å²) in [6, 6.07) is 2.02. The number of aliphatic carboxylic acids is 1. The first-order chi connectivity index (χ1) is 11.2. The van der Waals surface area contributed by atoms with Gasteiger partial charge in [-0.2, -0.15) is 0 Å². The first-order valence-electron chi connectivity index (χ1n) is 7.46. The van der Waals surface area contributed by atoms with Crippen LogP contribution in [0.25, 0.3) is 0 Å². The zero-order valence-corrected chi connectivity index (χ0v) is 14.5. The smallest absolute Gasteiger partial charge is 0.408 e. The van der Waals surface area contributed by atoms with Crippen LogP contribution in [0.1, 0.15) is 26.3 Å². The highest BCUT2D eigenvalue weighted by atomic mass is 35.5. The third-order valence-corrected chi connectivity index (χ3v) is 3.32. The Bertz CT molecular complexity index is 640. The lowest BCUT2D eigenvalue weighted by Crippen LogP contribution is -2.44. The van der Waals surface area contributed by atoms with Gasteiger partial charge in [-0.1, -0.05) is 11.6 Å². The first-order valence-corrected chi connectivity index (χ1v) is 7.84. The van der Waals surface area contributed by atoms with Crippen molar-refractivity contribution in [2.75, 3.05) is 13.2 Å². The summed E-state index contributed by atoms with van der Waals surface area (Å²) in [6.07, 6.45) is -0.816. The summed E-state index contributed by atoms with van der Waals surface area (Å²) in [7, 11) is 0. The summed E-state index contributed by atoms with van der Waals surface area (Å²) in [4.78, 5) is 23.3. The lowest BCUT2D eigenvalue weighted by Gasteiger charge is -2.24. The van der Waals surface area contributed by atoms with Crippen molar-refractivity contribution >= 4 is 23.7 Å². The van der Waals surface area contributed by atoms with Crippen molar-refractivity contribution in [3.05, 3.63) is 22.7 Å². The van der Waals surface area contributed by atoms with Gasteiger partial charge in [-0.15, -0.1) is 0 Å². The maximum absolute atomic E-state index is 11.8. The number of halogens is 1. The second kappa shape index (κ2) is 7.17. The molecule has 2 rings (SSSR count). The van der Waals surface area contributed by atoms with Gasteiger partial charge < -0.3 is 24.6 Å². The number of benzene rings is 1. The molecule has 0 spiro atoms. The van der Waals surface area contributed by atoms with Crippen LogP contribution in [0, 0.1) is 0 Å². The molecular formula is C16H20ClNO6. The number of ether oxygens (including phenoxy) is 3. The van der Waals surface area contributed by atoms with Crippen molar-refractivity contribution in [3.8, 4) is 11.5 Å². The third-order valence-electron chi connectivity index (χ3n) is 3.10. The Morgan fingerprint density at radius 3 is 2.62 bits per heavy atom. The Labute approximate surface area is 144 Å². The van der Waals surface area contributed by atoms with E-state index in [-0.39, 0.29) is 6.42 Å². The molecule has 1 amide bonds. The van der Waals surface area contributed by atoms with Crippen molar-refractivity contribution in [1.82, 2.24) is 5.32 Å². The van der Waals surface area contributed by atoms with Crippen LogP contribution in [-0.2, 0) is 16.0 Å². The lowest BCUT2D eigenvalue weighted by molar-refractivity contribution is -0.139. The van der Waals surface area contributed by atoms with Gasteiger partial charge in [-0.05, 0) is 26.8 Å². The molecule has 0 aliphatic carbocycles. The fraction of sp³-hybridized carbons (Fsp3) is 0.500. The molecule has 1 aromatic rings. The van der Waals surface area contributed by atoms with Gasteiger partial charge in [0.2, 0.25) is 0 Å². The summed E-state index contributed by atoms with van der Waals surface area (Å²) < 4.78 is 16.1. The number of fused-ring (bicyclic) bond motifs is 1.